The van der Waals surface area contributed by atoms with Crippen molar-refractivity contribution in [3.8, 4) is 72.4 Å². The Kier molecular flexibility index (Phi) is 18.5. The van der Waals surface area contributed by atoms with E-state index in [9.17, 15) is 0 Å². The lowest BCUT2D eigenvalue weighted by molar-refractivity contribution is 0.668. The molecule has 23 aromatic rings. The average molecular weight is 1640 g/mol. The molecule has 3 heterocycles. The van der Waals surface area contributed by atoms with E-state index in [0.717, 1.165) is 173 Å². The molecule has 24 rings (SSSR count). The predicted octanol–water partition coefficient (Wildman–Crippen LogP) is 34.0. The molecule has 0 saturated heterocycles. The van der Waals surface area contributed by atoms with Gasteiger partial charge in [0.25, 0.3) is 0 Å². The molecule has 7 nitrogen and oxygen atoms in total. The van der Waals surface area contributed by atoms with Gasteiger partial charge in [-0.15, -0.1) is 0 Å². The molecule has 602 valence electrons. The summed E-state index contributed by atoms with van der Waals surface area (Å²) in [6, 6.07) is 176. The van der Waals surface area contributed by atoms with Gasteiger partial charge in [0.15, 0.2) is 0 Å². The zero-order valence-electron chi connectivity index (χ0n) is 69.8. The average Bonchev–Trinajstić information content (AvgIpc) is 1.58. The van der Waals surface area contributed by atoms with Crippen molar-refractivity contribution in [3.63, 3.8) is 0 Å². The lowest BCUT2D eigenvalue weighted by Crippen LogP contribution is -2.10. The molecule has 1 aliphatic rings. The lowest BCUT2D eigenvalue weighted by Gasteiger charge is -2.27. The summed E-state index contributed by atoms with van der Waals surface area (Å²) in [6.45, 7) is 0. The van der Waals surface area contributed by atoms with E-state index in [0.29, 0.717) is 0 Å². The van der Waals surface area contributed by atoms with Crippen molar-refractivity contribution in [3.05, 3.63) is 502 Å². The number of hydrogen-bond donors (Lipinski definition) is 0. The van der Waals surface area contributed by atoms with Crippen LogP contribution >= 0.6 is 0 Å². The van der Waals surface area contributed by atoms with E-state index in [1.807, 2.05) is 24.3 Å². The third-order valence-electron chi connectivity index (χ3n) is 25.7. The van der Waals surface area contributed by atoms with Gasteiger partial charge in [0.05, 0.1) is 11.0 Å². The van der Waals surface area contributed by atoms with E-state index in [1.165, 1.54) is 49.6 Å². The number of aromatic nitrogens is 1. The van der Waals surface area contributed by atoms with Crippen LogP contribution in [0.15, 0.2) is 494 Å². The van der Waals surface area contributed by atoms with Crippen LogP contribution in [-0.2, 0) is 0 Å². The molecule has 20 aromatic carbocycles. The Labute approximate surface area is 742 Å². The van der Waals surface area contributed by atoms with Crippen molar-refractivity contribution in [1.29, 1.82) is 0 Å². The second-order valence-electron chi connectivity index (χ2n) is 33.1. The summed E-state index contributed by atoms with van der Waals surface area (Å²) in [4.78, 5) is 9.40. The number of para-hydroxylation sites is 6. The molecule has 0 spiro atoms. The van der Waals surface area contributed by atoms with Gasteiger partial charge in [-0.2, -0.15) is 0 Å². The highest BCUT2D eigenvalue weighted by Crippen LogP contribution is 2.50. The number of furan rings is 2. The van der Waals surface area contributed by atoms with Crippen molar-refractivity contribution in [1.82, 2.24) is 4.57 Å². The molecule has 0 radical (unpaired) electrons. The van der Waals surface area contributed by atoms with Gasteiger partial charge in [-0.1, -0.05) is 279 Å². The number of benzene rings is 20. The molecule has 1 aliphatic carbocycles. The Morgan fingerprint density at radius 2 is 0.406 bits per heavy atom. The van der Waals surface area contributed by atoms with E-state index in [2.05, 4.69) is 485 Å². The first kappa shape index (κ1) is 74.8. The molecule has 0 fully saturated rings. The van der Waals surface area contributed by atoms with Gasteiger partial charge in [0.1, 0.15) is 22.3 Å². The predicted molar refractivity (Wildman–Crippen MR) is 534 cm³/mol. The van der Waals surface area contributed by atoms with Crippen LogP contribution in [0.2, 0.25) is 0 Å². The first-order chi connectivity index (χ1) is 63.4. The fraction of sp³-hybridized carbons (Fsp3) is 0.00826. The standard InChI is InChI=1S/C121H81N5O2/c1-3-19-92(20-4-1)122(102-71-51-89(52-72-102)121-111-29-9-7-23-105(111)106-24-8-10-30-112(106)121)94-55-35-81(36-56-94)83-39-59-96(60-40-83)124(100-67-47-87(48-68-100)90-53-77-119-113(79-90)109-27-13-17-33-117(109)127-119)98-63-43-85(44-64-98)86-45-65-99(66-46-86)125(101-69-49-88(50-70-101)91-54-78-120-114(80-91)110-28-14-18-34-118(110)128-120)97-61-41-84(42-62-97)82-37-57-95(58-38-82)123(93-21-5-2-6-22-93)103-73-75-104(76-74-103)126-115-31-15-11-25-107(115)108-26-12-16-32-116(108)126/h1-80,121H. The van der Waals surface area contributed by atoms with Gasteiger partial charge in [-0.25, -0.2) is 0 Å². The zero-order chi connectivity index (χ0) is 84.5. The molecule has 0 aliphatic heterocycles. The van der Waals surface area contributed by atoms with Crippen LogP contribution < -0.4 is 19.6 Å². The third kappa shape index (κ3) is 13.5. The number of hydrogen-bond acceptors (Lipinski definition) is 6. The van der Waals surface area contributed by atoms with Crippen LogP contribution in [0.4, 0.5) is 68.2 Å². The van der Waals surface area contributed by atoms with Gasteiger partial charge < -0.3 is 33.0 Å². The van der Waals surface area contributed by atoms with Crippen molar-refractivity contribution in [2.45, 2.75) is 5.92 Å². The smallest absolute Gasteiger partial charge is 0.135 e. The van der Waals surface area contributed by atoms with Crippen LogP contribution in [0.3, 0.4) is 0 Å². The number of fused-ring (bicyclic) bond motifs is 12. The Morgan fingerprint density at radius 1 is 0.172 bits per heavy atom. The molecule has 0 saturated carbocycles. The number of nitrogens with zero attached hydrogens (tertiary/aromatic N) is 5. The molecular weight excluding hydrogens is 1560 g/mol. The summed E-state index contributed by atoms with van der Waals surface area (Å²) in [7, 11) is 0. The summed E-state index contributed by atoms with van der Waals surface area (Å²) in [5, 5.41) is 6.93. The first-order valence-electron chi connectivity index (χ1n) is 43.8. The van der Waals surface area contributed by atoms with Crippen LogP contribution in [0.1, 0.15) is 22.6 Å². The molecule has 128 heavy (non-hydrogen) atoms. The topological polar surface area (TPSA) is 44.2 Å². The Bertz CT molecular complexity index is 7940. The Morgan fingerprint density at radius 3 is 0.734 bits per heavy atom. The first-order valence-corrected chi connectivity index (χ1v) is 43.8. The fourth-order valence-electron chi connectivity index (χ4n) is 19.5. The third-order valence-corrected chi connectivity index (χ3v) is 25.7. The number of rotatable bonds is 19. The largest absolute Gasteiger partial charge is 0.456 e. The van der Waals surface area contributed by atoms with Crippen LogP contribution in [-0.4, -0.2) is 4.57 Å². The quantitative estimate of drug-likeness (QED) is 0.0804. The molecule has 7 heteroatoms. The maximum atomic E-state index is 6.27. The minimum atomic E-state index is 0.177. The van der Waals surface area contributed by atoms with Crippen molar-refractivity contribution in [2.75, 3.05) is 19.6 Å². The summed E-state index contributed by atoms with van der Waals surface area (Å²) >= 11 is 0. The molecule has 0 unspecified atom stereocenters. The van der Waals surface area contributed by atoms with E-state index in [1.54, 1.807) is 0 Å². The second-order valence-corrected chi connectivity index (χ2v) is 33.1. The van der Waals surface area contributed by atoms with E-state index >= 15 is 0 Å². The van der Waals surface area contributed by atoms with Crippen molar-refractivity contribution in [2.24, 2.45) is 0 Å². The molecule has 0 amide bonds. The molecule has 0 N–H and O–H groups in total. The summed E-state index contributed by atoms with van der Waals surface area (Å²) < 4.78 is 14.9. The fourth-order valence-corrected chi connectivity index (χ4v) is 19.5. The van der Waals surface area contributed by atoms with E-state index in [-0.39, 0.29) is 5.92 Å². The SMILES string of the molecule is c1ccc(N(c2ccc(-c3ccc(N(c4ccc(-c5ccc(N(c6ccc(-c7ccc(N(c8ccccc8)c8ccc(-n9c%10ccccc%10c%10ccccc%109)cc8)cc7)cc6)c6ccc(-c7ccc8oc9ccccc9c8c7)cc6)cc5)cc4)c4ccc(-c5ccc6oc7ccccc7c6c5)cc4)cc3)cc2)c2ccc(C3c4ccccc4-c4ccccc43)cc2)cc1. The lowest BCUT2D eigenvalue weighted by atomic mass is 9.89. The zero-order valence-corrected chi connectivity index (χ0v) is 69.8. The normalized spacial score (nSPS) is 11.9. The Hall–Kier alpha value is -17.0. The molecule has 3 aromatic heterocycles. The highest BCUT2D eigenvalue weighted by molar-refractivity contribution is 6.10. The number of anilines is 12. The maximum Gasteiger partial charge on any atom is 0.135 e. The van der Waals surface area contributed by atoms with Gasteiger partial charge in [0, 0.05) is 112 Å². The maximum absolute atomic E-state index is 6.27. The van der Waals surface area contributed by atoms with Crippen molar-refractivity contribution < 1.29 is 8.83 Å². The van der Waals surface area contributed by atoms with Crippen LogP contribution in [0.25, 0.3) is 138 Å². The summed E-state index contributed by atoms with van der Waals surface area (Å²) in [5.74, 6) is 0.177. The van der Waals surface area contributed by atoms with Crippen molar-refractivity contribution >= 4 is 134 Å². The van der Waals surface area contributed by atoms with Crippen LogP contribution in [0, 0.1) is 0 Å². The second kappa shape index (κ2) is 31.7. The highest BCUT2D eigenvalue weighted by Gasteiger charge is 2.30. The monoisotopic (exact) mass is 1640 g/mol. The van der Waals surface area contributed by atoms with E-state index in [4.69, 9.17) is 8.83 Å². The van der Waals surface area contributed by atoms with E-state index < -0.39 is 0 Å². The molecule has 0 bridgehead atoms. The molecule has 0 atom stereocenters. The van der Waals surface area contributed by atoms with Crippen LogP contribution in [0.5, 0.6) is 0 Å². The van der Waals surface area contributed by atoms with Gasteiger partial charge in [-0.3, -0.25) is 0 Å². The highest BCUT2D eigenvalue weighted by atomic mass is 16.3. The minimum Gasteiger partial charge on any atom is -0.456 e. The molecular formula is C121H81N5O2. The minimum absolute atomic E-state index is 0.177. The van der Waals surface area contributed by atoms with Gasteiger partial charge in [0.2, 0.25) is 0 Å². The summed E-state index contributed by atoms with van der Waals surface area (Å²) in [6.07, 6.45) is 0. The summed E-state index contributed by atoms with van der Waals surface area (Å²) in [5.41, 5.74) is 37.6. The van der Waals surface area contributed by atoms with Gasteiger partial charge >= 0.3 is 0 Å². The Balaban J connectivity index is 0.532. The van der Waals surface area contributed by atoms with Gasteiger partial charge in [-0.05, 0) is 290 Å².